The number of nitrogens with two attached hydrogens (primary N) is 2. The van der Waals surface area contributed by atoms with Gasteiger partial charge in [0.15, 0.2) is 0 Å². The minimum atomic E-state index is -0.562. The Hall–Kier alpha value is -2.87. The van der Waals surface area contributed by atoms with Gasteiger partial charge in [0.2, 0.25) is 5.95 Å². The second-order valence-corrected chi connectivity index (χ2v) is 7.62. The fraction of sp³-hybridized carbons (Fsp3) is 0.450. The van der Waals surface area contributed by atoms with Crippen molar-refractivity contribution in [2.45, 2.75) is 44.2 Å². The Bertz CT molecular complexity index is 885. The van der Waals surface area contributed by atoms with Crippen molar-refractivity contribution >= 4 is 29.0 Å². The summed E-state index contributed by atoms with van der Waals surface area (Å²) in [4.78, 5) is 23.0. The fourth-order valence-corrected chi connectivity index (χ4v) is 4.07. The summed E-state index contributed by atoms with van der Waals surface area (Å²) < 4.78 is 0. The molecule has 2 atom stereocenters. The van der Waals surface area contributed by atoms with E-state index in [1.165, 1.54) is 17.4 Å². The summed E-state index contributed by atoms with van der Waals surface area (Å²) in [6.07, 6.45) is 6.69. The maximum Gasteiger partial charge on any atom is 0.254 e. The highest BCUT2D eigenvalue weighted by atomic mass is 16.1. The average Bonchev–Trinajstić information content (AvgIpc) is 3.06. The van der Waals surface area contributed by atoms with Gasteiger partial charge in [-0.25, -0.2) is 4.98 Å². The average molecular weight is 381 g/mol. The number of nitrogens with zero attached hydrogens (tertiary/aromatic N) is 3. The van der Waals surface area contributed by atoms with Gasteiger partial charge in [0.05, 0.1) is 0 Å². The van der Waals surface area contributed by atoms with Gasteiger partial charge in [0.25, 0.3) is 5.91 Å². The Morgan fingerprint density at radius 3 is 2.89 bits per heavy atom. The first kappa shape index (κ1) is 18.5. The lowest BCUT2D eigenvalue weighted by molar-refractivity contribution is 0.100. The number of carbonyl (C=O) groups is 1. The maximum absolute atomic E-state index is 11.9. The summed E-state index contributed by atoms with van der Waals surface area (Å²) in [5.41, 5.74) is 15.4. The van der Waals surface area contributed by atoms with Crippen LogP contribution in [0, 0.1) is 0 Å². The van der Waals surface area contributed by atoms with Gasteiger partial charge in [0, 0.05) is 48.8 Å². The van der Waals surface area contributed by atoms with Crippen LogP contribution in [0.4, 0.5) is 23.1 Å². The molecule has 0 bridgehead atoms. The third-order valence-electron chi connectivity index (χ3n) is 5.70. The Labute approximate surface area is 164 Å². The molecule has 2 aromatic rings. The molecule has 8 heteroatoms. The Morgan fingerprint density at radius 1 is 1.29 bits per heavy atom. The zero-order valence-electron chi connectivity index (χ0n) is 16.1. The molecule has 0 unspecified atom stereocenters. The SMILES string of the molecule is CN1CCc2c(Nc3nc(N[C@@H]4CCCC[C@@H]4N)ncc3C(N)=O)cccc21. The largest absolute Gasteiger partial charge is 0.374 e. The van der Waals surface area contributed by atoms with Gasteiger partial charge in [-0.05, 0) is 31.4 Å². The first-order chi connectivity index (χ1) is 13.5. The van der Waals surface area contributed by atoms with E-state index in [2.05, 4.69) is 38.6 Å². The number of anilines is 4. The van der Waals surface area contributed by atoms with E-state index in [0.29, 0.717) is 11.8 Å². The number of hydrogen-bond acceptors (Lipinski definition) is 7. The molecule has 2 heterocycles. The van der Waals surface area contributed by atoms with Gasteiger partial charge >= 0.3 is 0 Å². The smallest absolute Gasteiger partial charge is 0.254 e. The molecule has 1 aromatic carbocycles. The van der Waals surface area contributed by atoms with Crippen LogP contribution in [0.25, 0.3) is 0 Å². The molecular formula is C20H27N7O. The van der Waals surface area contributed by atoms with Crippen LogP contribution >= 0.6 is 0 Å². The minimum absolute atomic E-state index is 0.0810. The van der Waals surface area contributed by atoms with E-state index in [9.17, 15) is 4.79 Å². The molecule has 1 fully saturated rings. The number of likely N-dealkylation sites (N-methyl/N-ethyl adjacent to an activating group) is 1. The van der Waals surface area contributed by atoms with Gasteiger partial charge in [-0.1, -0.05) is 18.9 Å². The van der Waals surface area contributed by atoms with Crippen LogP contribution < -0.4 is 27.0 Å². The molecule has 1 aliphatic carbocycles. The number of benzene rings is 1. The quantitative estimate of drug-likeness (QED) is 0.625. The lowest BCUT2D eigenvalue weighted by Gasteiger charge is -2.29. The second kappa shape index (κ2) is 7.63. The van der Waals surface area contributed by atoms with Gasteiger partial charge in [0.1, 0.15) is 11.4 Å². The van der Waals surface area contributed by atoms with Crippen LogP contribution in [-0.2, 0) is 6.42 Å². The van der Waals surface area contributed by atoms with Crippen LogP contribution in [0.3, 0.4) is 0 Å². The number of amides is 1. The lowest BCUT2D eigenvalue weighted by atomic mass is 9.91. The predicted molar refractivity (Wildman–Crippen MR) is 111 cm³/mol. The summed E-state index contributed by atoms with van der Waals surface area (Å²) in [5.74, 6) is 0.310. The summed E-state index contributed by atoms with van der Waals surface area (Å²) in [5, 5.41) is 6.65. The molecule has 28 heavy (non-hydrogen) atoms. The molecule has 0 spiro atoms. The zero-order chi connectivity index (χ0) is 19.7. The van der Waals surface area contributed by atoms with E-state index in [4.69, 9.17) is 11.5 Å². The summed E-state index contributed by atoms with van der Waals surface area (Å²) in [6, 6.07) is 6.30. The molecule has 0 saturated heterocycles. The van der Waals surface area contributed by atoms with Gasteiger partial charge < -0.3 is 27.0 Å². The van der Waals surface area contributed by atoms with E-state index in [1.54, 1.807) is 0 Å². The van der Waals surface area contributed by atoms with Crippen molar-refractivity contribution in [3.63, 3.8) is 0 Å². The Morgan fingerprint density at radius 2 is 2.11 bits per heavy atom. The molecule has 1 amide bonds. The van der Waals surface area contributed by atoms with Gasteiger partial charge in [-0.15, -0.1) is 0 Å². The molecule has 4 rings (SSSR count). The molecule has 1 aliphatic heterocycles. The third kappa shape index (κ3) is 3.60. The monoisotopic (exact) mass is 381 g/mol. The van der Waals surface area contributed by atoms with E-state index >= 15 is 0 Å². The van der Waals surface area contributed by atoms with Gasteiger partial charge in [-0.2, -0.15) is 4.98 Å². The van der Waals surface area contributed by atoms with E-state index in [0.717, 1.165) is 44.3 Å². The summed E-state index contributed by atoms with van der Waals surface area (Å²) in [6.45, 7) is 0.965. The molecule has 2 aliphatic rings. The van der Waals surface area contributed by atoms with Crippen LogP contribution in [0.5, 0.6) is 0 Å². The van der Waals surface area contributed by atoms with Crippen molar-refractivity contribution in [1.82, 2.24) is 9.97 Å². The highest BCUT2D eigenvalue weighted by Gasteiger charge is 2.24. The van der Waals surface area contributed by atoms with E-state index < -0.39 is 5.91 Å². The van der Waals surface area contributed by atoms with Crippen LogP contribution in [-0.4, -0.2) is 41.6 Å². The fourth-order valence-electron chi connectivity index (χ4n) is 4.07. The van der Waals surface area contributed by atoms with Gasteiger partial charge in [-0.3, -0.25) is 4.79 Å². The molecule has 1 aromatic heterocycles. The van der Waals surface area contributed by atoms with Crippen LogP contribution in [0.1, 0.15) is 41.6 Å². The van der Waals surface area contributed by atoms with Crippen LogP contribution in [0.15, 0.2) is 24.4 Å². The zero-order valence-corrected chi connectivity index (χ0v) is 16.1. The predicted octanol–water partition coefficient (Wildman–Crippen LogP) is 1.99. The highest BCUT2D eigenvalue weighted by Crippen LogP contribution is 2.34. The first-order valence-electron chi connectivity index (χ1n) is 9.82. The van der Waals surface area contributed by atoms with Crippen LogP contribution in [0.2, 0.25) is 0 Å². The molecule has 8 nitrogen and oxygen atoms in total. The lowest BCUT2D eigenvalue weighted by Crippen LogP contribution is -2.43. The number of carbonyl (C=O) groups excluding carboxylic acids is 1. The molecule has 1 saturated carbocycles. The number of rotatable bonds is 5. The minimum Gasteiger partial charge on any atom is -0.374 e. The van der Waals surface area contributed by atoms with Crippen molar-refractivity contribution in [1.29, 1.82) is 0 Å². The standard InChI is InChI=1S/C20H27N7O/c1-27-10-9-12-15(7-4-8-17(12)27)24-19-13(18(22)28)11-23-20(26-19)25-16-6-3-2-5-14(16)21/h4,7-8,11,14,16H,2-3,5-6,9-10,21H2,1H3,(H2,22,28)(H2,23,24,25,26)/t14-,16+/m0/s1. The molecule has 0 radical (unpaired) electrons. The Balaban J connectivity index is 1.63. The third-order valence-corrected chi connectivity index (χ3v) is 5.70. The van der Waals surface area contributed by atoms with Crippen molar-refractivity contribution in [3.8, 4) is 0 Å². The summed E-state index contributed by atoms with van der Waals surface area (Å²) in [7, 11) is 2.07. The molecular weight excluding hydrogens is 354 g/mol. The molecule has 148 valence electrons. The second-order valence-electron chi connectivity index (χ2n) is 7.62. The summed E-state index contributed by atoms with van der Waals surface area (Å²) >= 11 is 0. The topological polar surface area (TPSA) is 122 Å². The first-order valence-corrected chi connectivity index (χ1v) is 9.82. The van der Waals surface area contributed by atoms with Crippen molar-refractivity contribution in [2.75, 3.05) is 29.1 Å². The van der Waals surface area contributed by atoms with Crippen molar-refractivity contribution in [2.24, 2.45) is 11.5 Å². The number of aromatic nitrogens is 2. The number of hydrogen-bond donors (Lipinski definition) is 4. The number of primary amides is 1. The normalized spacial score (nSPS) is 21.3. The maximum atomic E-state index is 11.9. The van der Waals surface area contributed by atoms with E-state index in [1.807, 2.05) is 12.1 Å². The van der Waals surface area contributed by atoms with Crippen molar-refractivity contribution in [3.05, 3.63) is 35.5 Å². The van der Waals surface area contributed by atoms with Crippen molar-refractivity contribution < 1.29 is 4.79 Å². The number of fused-ring (bicyclic) bond motifs is 1. The van der Waals surface area contributed by atoms with E-state index in [-0.39, 0.29) is 17.6 Å². The Kier molecular flexibility index (Phi) is 5.04. The number of nitrogens with one attached hydrogen (secondary N) is 2. The molecule has 6 N–H and O–H groups in total. The highest BCUT2D eigenvalue weighted by molar-refractivity contribution is 5.98.